The predicted octanol–water partition coefficient (Wildman–Crippen LogP) is 6.30. The third-order valence-corrected chi connectivity index (χ3v) is 4.19. The molecule has 0 bridgehead atoms. The molecule has 1 amide bonds. The summed E-state index contributed by atoms with van der Waals surface area (Å²) in [6, 6.07) is 12.0. The number of carbonyl (C=O) groups is 1. The van der Waals surface area contributed by atoms with Gasteiger partial charge in [0.2, 0.25) is 0 Å². The molecule has 7 heteroatoms. The van der Waals surface area contributed by atoms with Gasteiger partial charge in [-0.15, -0.1) is 0 Å². The molecule has 0 aliphatic heterocycles. The smallest absolute Gasteiger partial charge is 0.291 e. The Kier molecular flexibility index (Phi) is 4.81. The Morgan fingerprint density at radius 1 is 0.958 bits per heavy atom. The monoisotopic (exact) mass is 383 g/mol. The Balaban J connectivity index is 1.82. The van der Waals surface area contributed by atoms with Gasteiger partial charge >= 0.3 is 0 Å². The molecule has 3 aromatic rings. The molecule has 0 unspecified atom stereocenters. The van der Waals surface area contributed by atoms with Crippen molar-refractivity contribution in [2.24, 2.45) is 0 Å². The van der Waals surface area contributed by atoms with Crippen molar-refractivity contribution in [3.8, 4) is 11.3 Å². The van der Waals surface area contributed by atoms with E-state index in [1.807, 2.05) is 0 Å². The quantitative estimate of drug-likeness (QED) is 0.576. The molecule has 0 fully saturated rings. The molecule has 0 saturated carbocycles. The fourth-order valence-electron chi connectivity index (χ4n) is 2.04. The van der Waals surface area contributed by atoms with Gasteiger partial charge in [-0.1, -0.05) is 34.8 Å². The van der Waals surface area contributed by atoms with Crippen LogP contribution in [-0.2, 0) is 0 Å². The number of rotatable bonds is 3. The summed E-state index contributed by atoms with van der Waals surface area (Å²) >= 11 is 17.5. The van der Waals surface area contributed by atoms with Crippen LogP contribution in [0.5, 0.6) is 0 Å². The van der Waals surface area contributed by atoms with Crippen molar-refractivity contribution < 1.29 is 13.6 Å². The zero-order chi connectivity index (χ0) is 17.3. The molecule has 24 heavy (non-hydrogen) atoms. The molecule has 0 spiro atoms. The molecule has 3 nitrogen and oxygen atoms in total. The lowest BCUT2D eigenvalue weighted by molar-refractivity contribution is 0.0997. The molecule has 0 atom stereocenters. The second-order valence-corrected chi connectivity index (χ2v) is 6.12. The maximum atomic E-state index is 13.7. The van der Waals surface area contributed by atoms with E-state index >= 15 is 0 Å². The highest BCUT2D eigenvalue weighted by Gasteiger charge is 2.15. The highest BCUT2D eigenvalue weighted by Crippen LogP contribution is 2.30. The van der Waals surface area contributed by atoms with E-state index in [4.69, 9.17) is 39.2 Å². The summed E-state index contributed by atoms with van der Waals surface area (Å²) in [5.74, 6) is -0.740. The number of halogens is 4. The first kappa shape index (κ1) is 16.8. The van der Waals surface area contributed by atoms with E-state index in [-0.39, 0.29) is 16.5 Å². The number of nitrogens with one attached hydrogen (secondary N) is 1. The Bertz CT molecular complexity index is 924. The lowest BCUT2D eigenvalue weighted by Crippen LogP contribution is -2.12. The minimum atomic E-state index is -0.632. The zero-order valence-corrected chi connectivity index (χ0v) is 14.2. The topological polar surface area (TPSA) is 42.2 Å². The Labute approximate surface area is 151 Å². The van der Waals surface area contributed by atoms with Crippen LogP contribution in [0.15, 0.2) is 52.9 Å². The summed E-state index contributed by atoms with van der Waals surface area (Å²) < 4.78 is 19.2. The third kappa shape index (κ3) is 3.56. The van der Waals surface area contributed by atoms with Gasteiger partial charge in [-0.3, -0.25) is 4.79 Å². The van der Waals surface area contributed by atoms with Gasteiger partial charge in [0, 0.05) is 10.6 Å². The first-order chi connectivity index (χ1) is 11.4. The van der Waals surface area contributed by atoms with E-state index < -0.39 is 11.7 Å². The largest absolute Gasteiger partial charge is 0.451 e. The highest BCUT2D eigenvalue weighted by atomic mass is 35.5. The van der Waals surface area contributed by atoms with Gasteiger partial charge in [-0.25, -0.2) is 4.39 Å². The fraction of sp³-hybridized carbons (Fsp3) is 0. The number of amides is 1. The van der Waals surface area contributed by atoms with Crippen molar-refractivity contribution in [2.75, 3.05) is 5.32 Å². The first-order valence-corrected chi connectivity index (χ1v) is 7.89. The molecule has 0 saturated heterocycles. The van der Waals surface area contributed by atoms with Crippen molar-refractivity contribution in [3.63, 3.8) is 0 Å². The van der Waals surface area contributed by atoms with Crippen LogP contribution in [0.1, 0.15) is 10.6 Å². The number of hydrogen-bond acceptors (Lipinski definition) is 2. The SMILES string of the molecule is O=C(Nc1ccc(Cl)cc1F)c1ccc(-c2ccc(Cl)c(Cl)c2)o1. The van der Waals surface area contributed by atoms with Gasteiger partial charge in [-0.2, -0.15) is 0 Å². The van der Waals surface area contributed by atoms with Crippen LogP contribution >= 0.6 is 34.8 Å². The Morgan fingerprint density at radius 3 is 2.46 bits per heavy atom. The molecular weight excluding hydrogens is 376 g/mol. The van der Waals surface area contributed by atoms with E-state index in [0.717, 1.165) is 6.07 Å². The standard InChI is InChI=1S/C17H9Cl3FNO2/c18-10-2-4-14(13(21)8-10)22-17(23)16-6-5-15(24-16)9-1-3-11(19)12(20)7-9/h1-8H,(H,22,23). The highest BCUT2D eigenvalue weighted by molar-refractivity contribution is 6.42. The zero-order valence-electron chi connectivity index (χ0n) is 11.9. The number of carbonyl (C=O) groups excluding carboxylic acids is 1. The number of anilines is 1. The second kappa shape index (κ2) is 6.85. The molecule has 1 aromatic heterocycles. The van der Waals surface area contributed by atoms with Crippen molar-refractivity contribution in [1.29, 1.82) is 0 Å². The average Bonchev–Trinajstić information content (AvgIpc) is 3.03. The van der Waals surface area contributed by atoms with Crippen molar-refractivity contribution in [1.82, 2.24) is 0 Å². The van der Waals surface area contributed by atoms with Crippen molar-refractivity contribution in [3.05, 3.63) is 75.2 Å². The summed E-state index contributed by atoms with van der Waals surface area (Å²) in [7, 11) is 0. The summed E-state index contributed by atoms with van der Waals surface area (Å²) in [5.41, 5.74) is 0.679. The van der Waals surface area contributed by atoms with E-state index in [1.54, 1.807) is 24.3 Å². The summed E-state index contributed by atoms with van der Waals surface area (Å²) in [6.07, 6.45) is 0. The average molecular weight is 385 g/mol. The molecule has 122 valence electrons. The molecule has 0 aliphatic carbocycles. The summed E-state index contributed by atoms with van der Waals surface area (Å²) in [4.78, 5) is 12.2. The molecule has 1 N–H and O–H groups in total. The van der Waals surface area contributed by atoms with Crippen molar-refractivity contribution >= 4 is 46.4 Å². The van der Waals surface area contributed by atoms with E-state index in [9.17, 15) is 9.18 Å². The van der Waals surface area contributed by atoms with Crippen LogP contribution in [0.4, 0.5) is 10.1 Å². The number of furan rings is 1. The molecular formula is C17H9Cl3FNO2. The summed E-state index contributed by atoms with van der Waals surface area (Å²) in [5, 5.41) is 3.46. The van der Waals surface area contributed by atoms with Gasteiger partial charge in [0.1, 0.15) is 11.6 Å². The Morgan fingerprint density at radius 2 is 1.75 bits per heavy atom. The Hall–Kier alpha value is -2.01. The van der Waals surface area contributed by atoms with Gasteiger partial charge in [0.15, 0.2) is 5.76 Å². The van der Waals surface area contributed by atoms with E-state index in [2.05, 4.69) is 5.32 Å². The maximum Gasteiger partial charge on any atom is 0.291 e. The molecule has 0 radical (unpaired) electrons. The maximum absolute atomic E-state index is 13.7. The van der Waals surface area contributed by atoms with Gasteiger partial charge < -0.3 is 9.73 Å². The van der Waals surface area contributed by atoms with E-state index in [1.165, 1.54) is 18.2 Å². The summed E-state index contributed by atoms with van der Waals surface area (Å²) in [6.45, 7) is 0. The van der Waals surface area contributed by atoms with Crippen LogP contribution in [0.25, 0.3) is 11.3 Å². The molecule has 0 aliphatic rings. The lowest BCUT2D eigenvalue weighted by Gasteiger charge is -2.05. The van der Waals surface area contributed by atoms with Crippen LogP contribution < -0.4 is 5.32 Å². The number of hydrogen-bond donors (Lipinski definition) is 1. The minimum Gasteiger partial charge on any atom is -0.451 e. The normalized spacial score (nSPS) is 10.7. The van der Waals surface area contributed by atoms with Crippen LogP contribution in [0, 0.1) is 5.82 Å². The van der Waals surface area contributed by atoms with Crippen LogP contribution in [0.3, 0.4) is 0 Å². The predicted molar refractivity (Wildman–Crippen MR) is 93.5 cm³/mol. The third-order valence-electron chi connectivity index (χ3n) is 3.21. The van der Waals surface area contributed by atoms with E-state index in [0.29, 0.717) is 21.4 Å². The molecule has 3 rings (SSSR count). The van der Waals surface area contributed by atoms with Crippen molar-refractivity contribution in [2.45, 2.75) is 0 Å². The number of benzene rings is 2. The minimum absolute atomic E-state index is 0.0110. The van der Waals surface area contributed by atoms with Gasteiger partial charge in [0.25, 0.3) is 5.91 Å². The second-order valence-electron chi connectivity index (χ2n) is 4.87. The fourth-order valence-corrected chi connectivity index (χ4v) is 2.50. The van der Waals surface area contributed by atoms with Crippen LogP contribution in [-0.4, -0.2) is 5.91 Å². The van der Waals surface area contributed by atoms with Gasteiger partial charge in [-0.05, 0) is 48.5 Å². The molecule has 1 heterocycles. The first-order valence-electron chi connectivity index (χ1n) is 6.76. The molecule has 2 aromatic carbocycles. The lowest BCUT2D eigenvalue weighted by atomic mass is 10.2. The van der Waals surface area contributed by atoms with Gasteiger partial charge in [0.05, 0.1) is 15.7 Å². The van der Waals surface area contributed by atoms with Crippen LogP contribution in [0.2, 0.25) is 15.1 Å².